The standard InChI is InChI=1S/C18H22ClNO2S.C18H22ClNOS/c1-2-6-14-17(23(22)13-7-4-3-5-8-13)15-11-12(19)9-10-16(15)20-18(14)21;1-2-6-14-17(22-13-7-4-3-5-8-13)15-11-12(19)9-10-16(15)20-18(14)21/h9-11,13H,2-8H2,1H3,(H,20,21);9-11,13H,2-8H2,1H3,(H,20,21). The zero-order valence-corrected chi connectivity index (χ0v) is 29.5. The van der Waals surface area contributed by atoms with Crippen molar-refractivity contribution in [3.05, 3.63) is 78.3 Å². The summed E-state index contributed by atoms with van der Waals surface area (Å²) < 4.78 is 13.3. The quantitative estimate of drug-likeness (QED) is 0.181. The highest BCUT2D eigenvalue weighted by Gasteiger charge is 2.31. The number of hydrogen-bond donors (Lipinski definition) is 2. The predicted molar refractivity (Wildman–Crippen MR) is 193 cm³/mol. The number of H-pyrrole nitrogens is 2. The van der Waals surface area contributed by atoms with Gasteiger partial charge in [0.1, 0.15) is 5.25 Å². The molecule has 2 N–H and O–H groups in total. The molecule has 1 atom stereocenters. The van der Waals surface area contributed by atoms with E-state index in [0.29, 0.717) is 22.3 Å². The average Bonchev–Trinajstić information content (AvgIpc) is 3.05. The third-order valence-corrected chi connectivity index (χ3v) is 12.9. The van der Waals surface area contributed by atoms with Gasteiger partial charge in [-0.2, -0.15) is 0 Å². The Bertz CT molecular complexity index is 1730. The van der Waals surface area contributed by atoms with Crippen molar-refractivity contribution in [3.63, 3.8) is 0 Å². The number of hydrogen-bond acceptors (Lipinski definition) is 4. The summed E-state index contributed by atoms with van der Waals surface area (Å²) in [4.78, 5) is 32.8. The van der Waals surface area contributed by atoms with Crippen LogP contribution in [0.5, 0.6) is 0 Å². The molecule has 0 aliphatic heterocycles. The van der Waals surface area contributed by atoms with E-state index in [4.69, 9.17) is 23.2 Å². The van der Waals surface area contributed by atoms with Gasteiger partial charge in [0, 0.05) is 36.7 Å². The van der Waals surface area contributed by atoms with E-state index in [-0.39, 0.29) is 16.4 Å². The molecule has 2 fully saturated rings. The van der Waals surface area contributed by atoms with E-state index in [1.165, 1.54) is 38.5 Å². The molecule has 2 aromatic carbocycles. The summed E-state index contributed by atoms with van der Waals surface area (Å²) in [6, 6.07) is 11.1. The van der Waals surface area contributed by atoms with Crippen LogP contribution in [0.25, 0.3) is 21.8 Å². The van der Waals surface area contributed by atoms with Gasteiger partial charge in [0.15, 0.2) is 4.90 Å². The monoisotopic (exact) mass is 686 g/mol. The van der Waals surface area contributed by atoms with Crippen LogP contribution in [-0.4, -0.2) is 25.0 Å². The van der Waals surface area contributed by atoms with Crippen molar-refractivity contribution in [1.29, 1.82) is 0 Å². The molecule has 0 amide bonds. The van der Waals surface area contributed by atoms with Crippen LogP contribution in [0.2, 0.25) is 10.0 Å². The smallest absolute Gasteiger partial charge is 0.256 e. The van der Waals surface area contributed by atoms with Crippen molar-refractivity contribution < 1.29 is 4.55 Å². The van der Waals surface area contributed by atoms with Crippen LogP contribution in [0.4, 0.5) is 0 Å². The Kier molecular flexibility index (Phi) is 12.5. The first-order chi connectivity index (χ1) is 21.8. The third kappa shape index (κ3) is 8.34. The fourth-order valence-electron chi connectivity index (χ4n) is 6.67. The highest BCUT2D eigenvalue weighted by atomic mass is 35.5. The molecule has 0 bridgehead atoms. The van der Waals surface area contributed by atoms with Gasteiger partial charge >= 0.3 is 0 Å². The highest BCUT2D eigenvalue weighted by molar-refractivity contribution is 8.00. The molecule has 2 aromatic heterocycles. The summed E-state index contributed by atoms with van der Waals surface area (Å²) in [7, 11) is 0. The zero-order chi connectivity index (χ0) is 31.9. The summed E-state index contributed by atoms with van der Waals surface area (Å²) in [5.74, 6) is 0. The first-order valence-corrected chi connectivity index (χ1v) is 19.4. The van der Waals surface area contributed by atoms with Gasteiger partial charge in [-0.05, 0) is 98.9 Å². The molecule has 2 heterocycles. The molecular formula is C36H44Cl2N2O3S2. The van der Waals surface area contributed by atoms with Crippen molar-refractivity contribution in [2.24, 2.45) is 0 Å². The van der Waals surface area contributed by atoms with E-state index in [2.05, 4.69) is 16.9 Å². The van der Waals surface area contributed by atoms with Gasteiger partial charge in [-0.1, -0.05) is 75.6 Å². The fourth-order valence-corrected chi connectivity index (χ4v) is 10.5. The number of fused-ring (bicyclic) bond motifs is 2. The van der Waals surface area contributed by atoms with Gasteiger partial charge < -0.3 is 14.5 Å². The van der Waals surface area contributed by atoms with Crippen molar-refractivity contribution in [1.82, 2.24) is 9.97 Å². The number of rotatable bonds is 8. The lowest BCUT2D eigenvalue weighted by molar-refractivity contribution is 0.483. The largest absolute Gasteiger partial charge is 0.611 e. The van der Waals surface area contributed by atoms with Gasteiger partial charge in [-0.15, -0.1) is 11.8 Å². The van der Waals surface area contributed by atoms with Crippen LogP contribution >= 0.6 is 35.0 Å². The maximum absolute atomic E-state index is 13.3. The van der Waals surface area contributed by atoms with E-state index in [1.807, 2.05) is 43.0 Å². The number of aromatic nitrogens is 2. The lowest BCUT2D eigenvalue weighted by Gasteiger charge is -2.26. The molecule has 9 heteroatoms. The second-order valence-corrected chi connectivity index (χ2v) is 16.2. The van der Waals surface area contributed by atoms with Crippen LogP contribution in [0.3, 0.4) is 0 Å². The summed E-state index contributed by atoms with van der Waals surface area (Å²) in [5.41, 5.74) is 3.18. The molecule has 2 aliphatic carbocycles. The van der Waals surface area contributed by atoms with Crippen LogP contribution in [0.1, 0.15) is 102 Å². The van der Waals surface area contributed by atoms with Gasteiger partial charge in [0.2, 0.25) is 0 Å². The van der Waals surface area contributed by atoms with E-state index in [1.54, 1.807) is 12.1 Å². The minimum Gasteiger partial charge on any atom is -0.611 e. The minimum absolute atomic E-state index is 0.0648. The van der Waals surface area contributed by atoms with Gasteiger partial charge in [0.05, 0.1) is 16.5 Å². The Morgan fingerprint density at radius 1 is 0.756 bits per heavy atom. The van der Waals surface area contributed by atoms with E-state index >= 15 is 0 Å². The van der Waals surface area contributed by atoms with Gasteiger partial charge in [-0.25, -0.2) is 0 Å². The van der Waals surface area contributed by atoms with Crippen LogP contribution in [-0.2, 0) is 24.0 Å². The van der Waals surface area contributed by atoms with Gasteiger partial charge in [-0.3, -0.25) is 9.59 Å². The molecule has 2 saturated carbocycles. The zero-order valence-electron chi connectivity index (χ0n) is 26.3. The van der Waals surface area contributed by atoms with Gasteiger partial charge in [0.25, 0.3) is 11.1 Å². The van der Waals surface area contributed by atoms with E-state index < -0.39 is 11.2 Å². The number of thioether (sulfide) groups is 1. The van der Waals surface area contributed by atoms with Crippen molar-refractivity contribution in [2.75, 3.05) is 0 Å². The topological polar surface area (TPSA) is 88.8 Å². The first kappa shape index (κ1) is 34.4. The third-order valence-electron chi connectivity index (χ3n) is 8.94. The highest BCUT2D eigenvalue weighted by Crippen LogP contribution is 2.39. The predicted octanol–water partition coefficient (Wildman–Crippen LogP) is 10.1. The van der Waals surface area contributed by atoms with Crippen molar-refractivity contribution in [2.45, 2.75) is 124 Å². The molecule has 6 rings (SSSR count). The summed E-state index contributed by atoms with van der Waals surface area (Å²) in [6.45, 7) is 4.16. The molecule has 0 radical (unpaired) electrons. The first-order valence-electron chi connectivity index (χ1n) is 16.6. The summed E-state index contributed by atoms with van der Waals surface area (Å²) in [5, 5.41) is 4.06. The molecular weight excluding hydrogens is 643 g/mol. The Balaban J connectivity index is 0.000000178. The van der Waals surface area contributed by atoms with E-state index in [0.717, 1.165) is 87.1 Å². The number of halogens is 2. The lowest BCUT2D eigenvalue weighted by atomic mass is 10.0. The Morgan fingerprint density at radius 3 is 1.87 bits per heavy atom. The molecule has 5 nitrogen and oxygen atoms in total. The fraction of sp³-hybridized carbons (Fsp3) is 0.500. The number of nitrogens with one attached hydrogen (secondary N) is 2. The molecule has 1 unspecified atom stereocenters. The Hall–Kier alpha value is -1.90. The number of benzene rings is 2. The maximum Gasteiger partial charge on any atom is 0.256 e. The number of aromatic amines is 2. The molecule has 242 valence electrons. The Morgan fingerprint density at radius 2 is 1.27 bits per heavy atom. The molecule has 2 aliphatic rings. The van der Waals surface area contributed by atoms with Crippen molar-refractivity contribution >= 4 is 67.9 Å². The molecule has 4 aromatic rings. The van der Waals surface area contributed by atoms with Crippen LogP contribution in [0, 0.1) is 0 Å². The Labute approximate surface area is 283 Å². The second-order valence-electron chi connectivity index (χ2n) is 12.3. The van der Waals surface area contributed by atoms with Crippen molar-refractivity contribution in [3.8, 4) is 0 Å². The second kappa shape index (κ2) is 16.3. The SMILES string of the molecule is CCCc1c(SC2CCCCC2)c2cc(Cl)ccc2[nH]c1=O.CCCc1c([S+]([O-])C2CCCCC2)c2cc(Cl)ccc2[nH]c1=O. The van der Waals surface area contributed by atoms with Crippen LogP contribution < -0.4 is 11.1 Å². The minimum atomic E-state index is -1.15. The lowest BCUT2D eigenvalue weighted by Crippen LogP contribution is -2.28. The summed E-state index contributed by atoms with van der Waals surface area (Å²) in [6.07, 6.45) is 15.2. The molecule has 0 saturated heterocycles. The normalized spacial score (nSPS) is 16.9. The maximum atomic E-state index is 13.3. The average molecular weight is 688 g/mol. The molecule has 0 spiro atoms. The van der Waals surface area contributed by atoms with Crippen LogP contribution in [0.15, 0.2) is 55.8 Å². The molecule has 45 heavy (non-hydrogen) atoms. The van der Waals surface area contributed by atoms with E-state index in [9.17, 15) is 14.1 Å². The summed E-state index contributed by atoms with van der Waals surface area (Å²) >= 11 is 13.1. The number of pyridine rings is 2.